The predicted octanol–water partition coefficient (Wildman–Crippen LogP) is 1.05. The van der Waals surface area contributed by atoms with Crippen molar-refractivity contribution in [1.29, 1.82) is 0 Å². The van der Waals surface area contributed by atoms with E-state index in [1.807, 2.05) is 0 Å². The summed E-state index contributed by atoms with van der Waals surface area (Å²) < 4.78 is 0. The van der Waals surface area contributed by atoms with Crippen molar-refractivity contribution < 1.29 is 19.8 Å². The quantitative estimate of drug-likeness (QED) is 0.626. The lowest BCUT2D eigenvalue weighted by molar-refractivity contribution is -0.160. The van der Waals surface area contributed by atoms with Crippen molar-refractivity contribution in [3.63, 3.8) is 0 Å². The molecule has 1 rings (SSSR count). The standard InChI is InChI=1S/C9H10O4/c1-6-2-4-9(5-3-6,7(10)11)8(12)13/h2-4H,5H2,1H3,(H,10,11)(H,12,13). The minimum Gasteiger partial charge on any atom is -0.480 e. The first-order valence-electron chi connectivity index (χ1n) is 3.82. The van der Waals surface area contributed by atoms with Crippen LogP contribution >= 0.6 is 0 Å². The average Bonchev–Trinajstić information content (AvgIpc) is 2.04. The second-order valence-corrected chi connectivity index (χ2v) is 3.07. The number of carboxylic acids is 2. The van der Waals surface area contributed by atoms with E-state index in [0.29, 0.717) is 0 Å². The summed E-state index contributed by atoms with van der Waals surface area (Å²) in [7, 11) is 0. The SMILES string of the molecule is CC1=CCC(C(=O)O)(C(=O)O)C=C1. The first-order valence-corrected chi connectivity index (χ1v) is 3.82. The fourth-order valence-corrected chi connectivity index (χ4v) is 1.14. The first kappa shape index (κ1) is 9.51. The lowest BCUT2D eigenvalue weighted by atomic mass is 9.80. The average molecular weight is 182 g/mol. The molecule has 0 radical (unpaired) electrons. The maximum absolute atomic E-state index is 10.8. The van der Waals surface area contributed by atoms with E-state index < -0.39 is 17.4 Å². The molecule has 2 N–H and O–H groups in total. The summed E-state index contributed by atoms with van der Waals surface area (Å²) in [5.74, 6) is -2.64. The third-order valence-electron chi connectivity index (χ3n) is 2.14. The third kappa shape index (κ3) is 1.47. The van der Waals surface area contributed by atoms with Crippen molar-refractivity contribution in [2.45, 2.75) is 13.3 Å². The lowest BCUT2D eigenvalue weighted by Gasteiger charge is -2.22. The predicted molar refractivity (Wildman–Crippen MR) is 45.2 cm³/mol. The number of carbonyl (C=O) groups is 2. The van der Waals surface area contributed by atoms with Crippen molar-refractivity contribution in [1.82, 2.24) is 0 Å². The Kier molecular flexibility index (Phi) is 2.23. The number of carboxylic acid groups (broad SMARTS) is 2. The summed E-state index contributed by atoms with van der Waals surface area (Å²) in [6.45, 7) is 1.80. The van der Waals surface area contributed by atoms with E-state index in [2.05, 4.69) is 0 Å². The zero-order valence-electron chi connectivity index (χ0n) is 7.15. The van der Waals surface area contributed by atoms with E-state index in [9.17, 15) is 9.59 Å². The van der Waals surface area contributed by atoms with Crippen LogP contribution in [0.15, 0.2) is 23.8 Å². The second-order valence-electron chi connectivity index (χ2n) is 3.07. The first-order chi connectivity index (χ1) is 5.99. The summed E-state index contributed by atoms with van der Waals surface area (Å²) in [6, 6.07) is 0. The highest BCUT2D eigenvalue weighted by atomic mass is 16.4. The molecular formula is C9H10O4. The molecule has 0 fully saturated rings. The van der Waals surface area contributed by atoms with Gasteiger partial charge in [-0.15, -0.1) is 0 Å². The molecule has 0 heterocycles. The number of hydrogen-bond acceptors (Lipinski definition) is 2. The number of rotatable bonds is 2. The van der Waals surface area contributed by atoms with Gasteiger partial charge in [0.1, 0.15) is 0 Å². The highest BCUT2D eigenvalue weighted by Gasteiger charge is 2.44. The Hall–Kier alpha value is -1.58. The summed E-state index contributed by atoms with van der Waals surface area (Å²) >= 11 is 0. The van der Waals surface area contributed by atoms with Crippen molar-refractivity contribution in [2.24, 2.45) is 5.41 Å². The van der Waals surface area contributed by atoms with Gasteiger partial charge in [-0.1, -0.05) is 23.8 Å². The van der Waals surface area contributed by atoms with Crippen LogP contribution in [-0.4, -0.2) is 22.2 Å². The van der Waals surface area contributed by atoms with Crippen molar-refractivity contribution in [2.75, 3.05) is 0 Å². The Balaban J connectivity index is 3.05. The fourth-order valence-electron chi connectivity index (χ4n) is 1.14. The molecule has 0 aromatic heterocycles. The summed E-state index contributed by atoms with van der Waals surface area (Å²) in [4.78, 5) is 21.5. The molecule has 13 heavy (non-hydrogen) atoms. The Bertz CT molecular complexity index is 298. The molecule has 0 unspecified atom stereocenters. The molecule has 0 saturated heterocycles. The van der Waals surface area contributed by atoms with Gasteiger partial charge in [0.2, 0.25) is 0 Å². The van der Waals surface area contributed by atoms with Crippen LogP contribution in [0.4, 0.5) is 0 Å². The number of allylic oxidation sites excluding steroid dienone is 3. The van der Waals surface area contributed by atoms with Crippen LogP contribution in [0.1, 0.15) is 13.3 Å². The van der Waals surface area contributed by atoms with Gasteiger partial charge in [0, 0.05) is 0 Å². The van der Waals surface area contributed by atoms with Gasteiger partial charge in [-0.25, -0.2) is 0 Å². The zero-order valence-corrected chi connectivity index (χ0v) is 7.15. The fraction of sp³-hybridized carbons (Fsp3) is 0.333. The van der Waals surface area contributed by atoms with Crippen LogP contribution < -0.4 is 0 Å². The monoisotopic (exact) mass is 182 g/mol. The Morgan fingerprint density at radius 2 is 1.92 bits per heavy atom. The van der Waals surface area contributed by atoms with Crippen LogP contribution in [0.2, 0.25) is 0 Å². The molecule has 0 atom stereocenters. The van der Waals surface area contributed by atoms with E-state index in [4.69, 9.17) is 10.2 Å². The molecule has 0 bridgehead atoms. The summed E-state index contributed by atoms with van der Waals surface area (Å²) in [5.41, 5.74) is -0.877. The molecule has 4 nitrogen and oxygen atoms in total. The lowest BCUT2D eigenvalue weighted by Crippen LogP contribution is -2.38. The van der Waals surface area contributed by atoms with Gasteiger partial charge in [-0.05, 0) is 13.3 Å². The number of aliphatic carboxylic acids is 2. The molecular weight excluding hydrogens is 172 g/mol. The molecule has 70 valence electrons. The maximum Gasteiger partial charge on any atom is 0.325 e. The smallest absolute Gasteiger partial charge is 0.325 e. The topological polar surface area (TPSA) is 74.6 Å². The Morgan fingerprint density at radius 3 is 2.23 bits per heavy atom. The number of hydrogen-bond donors (Lipinski definition) is 2. The molecule has 0 aromatic carbocycles. The van der Waals surface area contributed by atoms with Gasteiger partial charge >= 0.3 is 11.9 Å². The van der Waals surface area contributed by atoms with E-state index in [0.717, 1.165) is 5.57 Å². The summed E-state index contributed by atoms with van der Waals surface area (Å²) in [5, 5.41) is 17.6. The molecule has 0 amide bonds. The van der Waals surface area contributed by atoms with Crippen molar-refractivity contribution >= 4 is 11.9 Å². The van der Waals surface area contributed by atoms with Crippen LogP contribution in [-0.2, 0) is 9.59 Å². The van der Waals surface area contributed by atoms with Crippen LogP contribution in [0.3, 0.4) is 0 Å². The Morgan fingerprint density at radius 1 is 1.38 bits per heavy atom. The van der Waals surface area contributed by atoms with Crippen molar-refractivity contribution in [3.05, 3.63) is 23.8 Å². The highest BCUT2D eigenvalue weighted by molar-refractivity contribution is 6.01. The molecule has 0 aliphatic heterocycles. The van der Waals surface area contributed by atoms with E-state index in [1.165, 1.54) is 12.2 Å². The van der Waals surface area contributed by atoms with E-state index in [1.54, 1.807) is 13.0 Å². The van der Waals surface area contributed by atoms with E-state index >= 15 is 0 Å². The van der Waals surface area contributed by atoms with Gasteiger partial charge in [0.15, 0.2) is 5.41 Å². The second kappa shape index (κ2) is 3.05. The zero-order chi connectivity index (χ0) is 10.1. The van der Waals surface area contributed by atoms with Gasteiger partial charge in [-0.3, -0.25) is 9.59 Å². The molecule has 4 heteroatoms. The van der Waals surface area contributed by atoms with Crippen LogP contribution in [0, 0.1) is 5.41 Å². The largest absolute Gasteiger partial charge is 0.480 e. The minimum absolute atomic E-state index is 0.0139. The third-order valence-corrected chi connectivity index (χ3v) is 2.14. The molecule has 0 saturated carbocycles. The molecule has 1 aliphatic carbocycles. The van der Waals surface area contributed by atoms with Gasteiger partial charge in [-0.2, -0.15) is 0 Å². The molecule has 0 aromatic rings. The van der Waals surface area contributed by atoms with Crippen molar-refractivity contribution in [3.8, 4) is 0 Å². The van der Waals surface area contributed by atoms with Gasteiger partial charge in [0.05, 0.1) is 0 Å². The van der Waals surface area contributed by atoms with Crippen LogP contribution in [0.5, 0.6) is 0 Å². The normalized spacial score (nSPS) is 19.3. The van der Waals surface area contributed by atoms with Gasteiger partial charge in [0.25, 0.3) is 0 Å². The molecule has 0 spiro atoms. The maximum atomic E-state index is 10.8. The Labute approximate surface area is 75.2 Å². The highest BCUT2D eigenvalue weighted by Crippen LogP contribution is 2.30. The molecule has 1 aliphatic rings. The van der Waals surface area contributed by atoms with E-state index in [-0.39, 0.29) is 6.42 Å². The van der Waals surface area contributed by atoms with Crippen LogP contribution in [0.25, 0.3) is 0 Å². The summed E-state index contributed by atoms with van der Waals surface area (Å²) in [6.07, 6.45) is 4.38. The van der Waals surface area contributed by atoms with Gasteiger partial charge < -0.3 is 10.2 Å². The minimum atomic E-state index is -1.76.